The quantitative estimate of drug-likeness (QED) is 0.396. The zero-order valence-corrected chi connectivity index (χ0v) is 16.6. The molecule has 138 valence electrons. The van der Waals surface area contributed by atoms with Crippen LogP contribution in [0.1, 0.15) is 36.3 Å². The molecule has 4 rings (SSSR count). The Morgan fingerprint density at radius 2 is 1.67 bits per heavy atom. The van der Waals surface area contributed by atoms with E-state index in [4.69, 9.17) is 0 Å². The first-order chi connectivity index (χ1) is 13.3. The van der Waals surface area contributed by atoms with Gasteiger partial charge in [0.05, 0.1) is 0 Å². The molecule has 0 N–H and O–H groups in total. The summed E-state index contributed by atoms with van der Waals surface area (Å²) in [5, 5.41) is 1.26. The van der Waals surface area contributed by atoms with Gasteiger partial charge in [-0.25, -0.2) is 0 Å². The van der Waals surface area contributed by atoms with Crippen LogP contribution in [0.15, 0.2) is 61.2 Å². The van der Waals surface area contributed by atoms with Gasteiger partial charge in [0, 0.05) is 30.9 Å². The summed E-state index contributed by atoms with van der Waals surface area (Å²) in [6, 6.07) is 17.6. The lowest BCUT2D eigenvalue weighted by Gasteiger charge is -2.22. The lowest BCUT2D eigenvalue weighted by Crippen LogP contribution is -2.33. The van der Waals surface area contributed by atoms with Crippen LogP contribution < -0.4 is 9.47 Å². The minimum absolute atomic E-state index is 0.831. The summed E-state index contributed by atoms with van der Waals surface area (Å²) in [5.74, 6) is 0. The lowest BCUT2D eigenvalue weighted by molar-refractivity contribution is -0.658. The van der Waals surface area contributed by atoms with Gasteiger partial charge in [0.25, 0.3) is 5.01 Å². The van der Waals surface area contributed by atoms with E-state index in [-0.39, 0.29) is 0 Å². The van der Waals surface area contributed by atoms with Crippen molar-refractivity contribution >= 4 is 39.4 Å². The van der Waals surface area contributed by atoms with Crippen LogP contribution in [0.4, 0.5) is 5.69 Å². The van der Waals surface area contributed by atoms with Gasteiger partial charge in [-0.1, -0.05) is 55.0 Å². The maximum absolute atomic E-state index is 3.92. The fourth-order valence-corrected chi connectivity index (χ4v) is 4.86. The molecule has 2 heterocycles. The number of para-hydroxylation sites is 1. The molecule has 0 radical (unpaired) electrons. The Hall–Kier alpha value is -2.39. The molecule has 2 aromatic carbocycles. The molecule has 0 aliphatic carbocycles. The van der Waals surface area contributed by atoms with Crippen molar-refractivity contribution in [1.82, 2.24) is 0 Å². The van der Waals surface area contributed by atoms with Gasteiger partial charge in [-0.15, -0.1) is 0 Å². The van der Waals surface area contributed by atoms with E-state index in [9.17, 15) is 0 Å². The van der Waals surface area contributed by atoms with E-state index >= 15 is 0 Å². The second-order valence-electron chi connectivity index (χ2n) is 7.13. The number of allylic oxidation sites excluding steroid dienone is 1. The molecule has 0 amide bonds. The summed E-state index contributed by atoms with van der Waals surface area (Å²) in [5.41, 5.74) is 3.88. The average molecular weight is 376 g/mol. The molecule has 1 aliphatic heterocycles. The van der Waals surface area contributed by atoms with Crippen molar-refractivity contribution in [2.24, 2.45) is 0 Å². The third kappa shape index (κ3) is 4.14. The highest BCUT2D eigenvalue weighted by atomic mass is 32.1. The SMILES string of the molecule is C=CC[n+]1c(/C=C/c2ccc(N3CCCCCC3)cc2)sc2ccccc21. The Kier molecular flexibility index (Phi) is 5.69. The second-order valence-corrected chi connectivity index (χ2v) is 8.20. The van der Waals surface area contributed by atoms with Gasteiger partial charge >= 0.3 is 0 Å². The Morgan fingerprint density at radius 3 is 2.41 bits per heavy atom. The van der Waals surface area contributed by atoms with Crippen LogP contribution >= 0.6 is 11.3 Å². The van der Waals surface area contributed by atoms with Gasteiger partial charge in [-0.05, 0) is 48.8 Å². The summed E-state index contributed by atoms with van der Waals surface area (Å²) in [7, 11) is 0. The van der Waals surface area contributed by atoms with Crippen LogP contribution in [-0.2, 0) is 6.54 Å². The topological polar surface area (TPSA) is 7.12 Å². The number of benzene rings is 2. The smallest absolute Gasteiger partial charge is 0.263 e. The fourth-order valence-electron chi connectivity index (χ4n) is 3.79. The number of hydrogen-bond acceptors (Lipinski definition) is 2. The summed E-state index contributed by atoms with van der Waals surface area (Å²) in [6.45, 7) is 7.13. The van der Waals surface area contributed by atoms with E-state index in [0.717, 1.165) is 6.54 Å². The van der Waals surface area contributed by atoms with Crippen molar-refractivity contribution < 1.29 is 4.57 Å². The van der Waals surface area contributed by atoms with Crippen molar-refractivity contribution in [1.29, 1.82) is 0 Å². The third-order valence-electron chi connectivity index (χ3n) is 5.23. The molecule has 3 heteroatoms. The van der Waals surface area contributed by atoms with Crippen molar-refractivity contribution in [2.45, 2.75) is 32.2 Å². The van der Waals surface area contributed by atoms with Crippen LogP contribution in [0.25, 0.3) is 22.4 Å². The van der Waals surface area contributed by atoms with Crippen molar-refractivity contribution in [3.63, 3.8) is 0 Å². The molecule has 1 aliphatic rings. The minimum atomic E-state index is 0.831. The molecule has 1 fully saturated rings. The van der Waals surface area contributed by atoms with Crippen LogP contribution in [0.5, 0.6) is 0 Å². The van der Waals surface area contributed by atoms with Gasteiger partial charge < -0.3 is 4.90 Å². The highest BCUT2D eigenvalue weighted by Gasteiger charge is 2.16. The van der Waals surface area contributed by atoms with E-state index < -0.39 is 0 Å². The molecule has 0 saturated carbocycles. The zero-order valence-electron chi connectivity index (χ0n) is 15.8. The Morgan fingerprint density at radius 1 is 0.926 bits per heavy atom. The highest BCUT2D eigenvalue weighted by Crippen LogP contribution is 2.23. The van der Waals surface area contributed by atoms with E-state index in [0.29, 0.717) is 0 Å². The van der Waals surface area contributed by atoms with E-state index in [1.165, 1.54) is 65.2 Å². The van der Waals surface area contributed by atoms with Gasteiger partial charge in [0.15, 0.2) is 6.54 Å². The maximum atomic E-state index is 3.92. The molecular weight excluding hydrogens is 348 g/mol. The summed E-state index contributed by atoms with van der Waals surface area (Å²) >= 11 is 1.83. The van der Waals surface area contributed by atoms with Crippen molar-refractivity contribution in [3.05, 3.63) is 71.8 Å². The lowest BCUT2D eigenvalue weighted by atomic mass is 10.1. The Bertz CT molecular complexity index is 929. The fraction of sp³-hybridized carbons (Fsp3) is 0.292. The number of hydrogen-bond donors (Lipinski definition) is 0. The van der Waals surface area contributed by atoms with E-state index in [2.05, 4.69) is 76.7 Å². The molecule has 2 nitrogen and oxygen atoms in total. The number of anilines is 1. The largest absolute Gasteiger partial charge is 0.372 e. The Labute approximate surface area is 166 Å². The van der Waals surface area contributed by atoms with Gasteiger partial charge in [0.1, 0.15) is 4.70 Å². The molecule has 1 saturated heterocycles. The van der Waals surface area contributed by atoms with Gasteiger partial charge in [0.2, 0.25) is 5.52 Å². The Balaban J connectivity index is 1.55. The number of rotatable bonds is 5. The molecular formula is C24H27N2S+. The molecule has 0 atom stereocenters. The highest BCUT2D eigenvalue weighted by molar-refractivity contribution is 7.18. The normalized spacial score (nSPS) is 15.3. The number of thiazole rings is 1. The predicted molar refractivity (Wildman–Crippen MR) is 118 cm³/mol. The summed E-state index contributed by atoms with van der Waals surface area (Å²) < 4.78 is 3.64. The first-order valence-corrected chi connectivity index (χ1v) is 10.7. The number of fused-ring (bicyclic) bond motifs is 1. The summed E-state index contributed by atoms with van der Waals surface area (Å²) in [6.07, 6.45) is 11.8. The van der Waals surface area contributed by atoms with Crippen LogP contribution in [-0.4, -0.2) is 13.1 Å². The zero-order chi connectivity index (χ0) is 18.5. The molecule has 0 spiro atoms. The predicted octanol–water partition coefficient (Wildman–Crippen LogP) is 5.93. The van der Waals surface area contributed by atoms with Crippen LogP contribution in [0, 0.1) is 0 Å². The van der Waals surface area contributed by atoms with E-state index in [1.54, 1.807) is 0 Å². The molecule has 27 heavy (non-hydrogen) atoms. The van der Waals surface area contributed by atoms with Crippen molar-refractivity contribution in [3.8, 4) is 0 Å². The van der Waals surface area contributed by atoms with Crippen molar-refractivity contribution in [2.75, 3.05) is 18.0 Å². The van der Waals surface area contributed by atoms with Gasteiger partial charge in [-0.3, -0.25) is 0 Å². The summed E-state index contributed by atoms with van der Waals surface area (Å²) in [4.78, 5) is 2.53. The monoisotopic (exact) mass is 375 g/mol. The first kappa shape index (κ1) is 18.0. The third-order valence-corrected chi connectivity index (χ3v) is 6.36. The maximum Gasteiger partial charge on any atom is 0.263 e. The number of nitrogens with zero attached hydrogens (tertiary/aromatic N) is 2. The molecule has 1 aromatic heterocycles. The number of aromatic nitrogens is 1. The second kappa shape index (κ2) is 8.53. The average Bonchev–Trinajstić information content (AvgIpc) is 2.87. The minimum Gasteiger partial charge on any atom is -0.372 e. The van der Waals surface area contributed by atoms with Gasteiger partial charge in [-0.2, -0.15) is 4.57 Å². The van der Waals surface area contributed by atoms with E-state index in [1.807, 2.05) is 17.4 Å². The van der Waals surface area contributed by atoms with Crippen LogP contribution in [0.2, 0.25) is 0 Å². The molecule has 0 bridgehead atoms. The molecule has 0 unspecified atom stereocenters. The molecule has 3 aromatic rings. The first-order valence-electron chi connectivity index (χ1n) is 9.90. The van der Waals surface area contributed by atoms with Crippen LogP contribution in [0.3, 0.4) is 0 Å². The standard InChI is InChI=1S/C24H27N2S/c1-2-17-26-22-9-5-6-10-23(22)27-24(26)16-13-20-11-14-21(15-12-20)25-18-7-3-4-8-19-25/h2,5-6,9-16H,1,3-4,7-8,17-19H2/q+1.